The van der Waals surface area contributed by atoms with Crippen LogP contribution in [-0.4, -0.2) is 0 Å². The van der Waals surface area contributed by atoms with Gasteiger partial charge in [-0.1, -0.05) is 24.1 Å². The van der Waals surface area contributed by atoms with E-state index in [4.69, 9.17) is 11.7 Å². The fraction of sp³-hybridized carbons (Fsp3) is 0.133. The maximum absolute atomic E-state index is 13.7. The zero-order valence-corrected chi connectivity index (χ0v) is 9.79. The van der Waals surface area contributed by atoms with Gasteiger partial charge >= 0.3 is 0 Å². The smallest absolute Gasteiger partial charge is 0.139 e. The molecule has 0 radical (unpaired) electrons. The lowest BCUT2D eigenvalue weighted by Crippen LogP contribution is -1.91. The molecule has 1 aromatic carbocycles. The first-order valence-electron chi connectivity index (χ1n) is 5.13. The predicted octanol–water partition coefficient (Wildman–Crippen LogP) is 3.76. The quantitative estimate of drug-likeness (QED) is 0.555. The van der Waals surface area contributed by atoms with Crippen LogP contribution in [0.3, 0.4) is 0 Å². The van der Waals surface area contributed by atoms with Crippen LogP contribution in [0.5, 0.6) is 0 Å². The van der Waals surface area contributed by atoms with E-state index in [1.54, 1.807) is 25.1 Å². The number of aryl methyl sites for hydroxylation is 1. The van der Waals surface area contributed by atoms with Gasteiger partial charge in [0.1, 0.15) is 5.83 Å². The molecule has 0 unspecified atom stereocenters. The van der Waals surface area contributed by atoms with Crippen LogP contribution in [-0.2, 0) is 0 Å². The maximum atomic E-state index is 13.7. The second-order valence-electron chi connectivity index (χ2n) is 3.52. The summed E-state index contributed by atoms with van der Waals surface area (Å²) in [5.74, 6) is 1.64. The van der Waals surface area contributed by atoms with Crippen molar-refractivity contribution in [2.45, 2.75) is 13.8 Å². The Hall–Kier alpha value is -2.32. The zero-order chi connectivity index (χ0) is 12.8. The van der Waals surface area contributed by atoms with Gasteiger partial charge < -0.3 is 0 Å². The summed E-state index contributed by atoms with van der Waals surface area (Å²) >= 11 is 0. The Morgan fingerprint density at radius 1 is 1.47 bits per heavy atom. The van der Waals surface area contributed by atoms with Crippen molar-refractivity contribution in [2.75, 3.05) is 0 Å². The van der Waals surface area contributed by atoms with Gasteiger partial charge in [-0.05, 0) is 25.5 Å². The van der Waals surface area contributed by atoms with Gasteiger partial charge in [0, 0.05) is 17.2 Å². The van der Waals surface area contributed by atoms with Gasteiger partial charge in [-0.3, -0.25) is 0 Å². The molecule has 0 fully saturated rings. The normalized spacial score (nSPS) is 11.8. The molecule has 0 spiro atoms. The van der Waals surface area contributed by atoms with Crippen LogP contribution in [0.15, 0.2) is 36.2 Å². The van der Waals surface area contributed by atoms with Gasteiger partial charge in [0.15, 0.2) is 0 Å². The average molecular weight is 225 g/mol. The highest BCUT2D eigenvalue weighted by atomic mass is 19.1. The minimum absolute atomic E-state index is 0.347. The van der Waals surface area contributed by atoms with E-state index in [1.807, 2.05) is 13.0 Å². The minimum Gasteiger partial charge on any atom is -0.206 e. The molecular formula is C15H12FN. The number of allylic oxidation sites excluding steroid dienone is 4. The van der Waals surface area contributed by atoms with Gasteiger partial charge in [-0.15, -0.1) is 6.42 Å². The molecule has 0 bridgehead atoms. The summed E-state index contributed by atoms with van der Waals surface area (Å²) < 4.78 is 13.7. The van der Waals surface area contributed by atoms with Crippen LogP contribution in [0.4, 0.5) is 4.39 Å². The summed E-state index contributed by atoms with van der Waals surface area (Å²) in [6, 6.07) is 7.35. The molecule has 84 valence electrons. The SMILES string of the molecule is C#C/C=C(F)\C(=C/C)c1ccc(C)cc1C#N. The average Bonchev–Trinajstić information content (AvgIpc) is 2.32. The Labute approximate surface area is 101 Å². The van der Waals surface area contributed by atoms with Gasteiger partial charge in [0.05, 0.1) is 11.6 Å². The van der Waals surface area contributed by atoms with Gasteiger partial charge in [-0.2, -0.15) is 5.26 Å². The van der Waals surface area contributed by atoms with Crippen LogP contribution in [0, 0.1) is 30.6 Å². The maximum Gasteiger partial charge on any atom is 0.139 e. The van der Waals surface area contributed by atoms with Crippen molar-refractivity contribution in [3.05, 3.63) is 52.9 Å². The molecule has 1 aromatic rings. The Balaban J connectivity index is 3.39. The molecule has 0 saturated carbocycles. The zero-order valence-electron chi connectivity index (χ0n) is 9.79. The number of halogens is 1. The number of hydrogen-bond donors (Lipinski definition) is 0. The summed E-state index contributed by atoms with van der Waals surface area (Å²) in [4.78, 5) is 0. The lowest BCUT2D eigenvalue weighted by molar-refractivity contribution is 0.674. The van der Waals surface area contributed by atoms with Crippen LogP contribution in [0.25, 0.3) is 5.57 Å². The lowest BCUT2D eigenvalue weighted by atomic mass is 9.97. The van der Waals surface area contributed by atoms with Crippen molar-refractivity contribution in [1.29, 1.82) is 5.26 Å². The van der Waals surface area contributed by atoms with Crippen LogP contribution < -0.4 is 0 Å². The third-order valence-electron chi connectivity index (χ3n) is 2.34. The molecule has 0 aromatic heterocycles. The van der Waals surface area contributed by atoms with Gasteiger partial charge in [0.2, 0.25) is 0 Å². The molecule has 17 heavy (non-hydrogen) atoms. The summed E-state index contributed by atoms with van der Waals surface area (Å²) in [7, 11) is 0. The van der Waals surface area contributed by atoms with Crippen molar-refractivity contribution in [3.63, 3.8) is 0 Å². The van der Waals surface area contributed by atoms with E-state index < -0.39 is 5.83 Å². The Kier molecular flexibility index (Phi) is 4.26. The van der Waals surface area contributed by atoms with Crippen LogP contribution >= 0.6 is 0 Å². The molecule has 0 N–H and O–H groups in total. The van der Waals surface area contributed by atoms with Crippen molar-refractivity contribution in [1.82, 2.24) is 0 Å². The first-order chi connectivity index (χ1) is 8.13. The van der Waals surface area contributed by atoms with Crippen molar-refractivity contribution < 1.29 is 4.39 Å². The molecule has 0 aliphatic heterocycles. The number of rotatable bonds is 2. The minimum atomic E-state index is -0.504. The Morgan fingerprint density at radius 2 is 2.18 bits per heavy atom. The predicted molar refractivity (Wildman–Crippen MR) is 67.6 cm³/mol. The third kappa shape index (κ3) is 2.83. The molecule has 0 saturated heterocycles. The van der Waals surface area contributed by atoms with Crippen LogP contribution in [0.2, 0.25) is 0 Å². The van der Waals surface area contributed by atoms with E-state index in [0.29, 0.717) is 16.7 Å². The summed E-state index contributed by atoms with van der Waals surface area (Å²) in [6.07, 6.45) is 7.69. The summed E-state index contributed by atoms with van der Waals surface area (Å²) in [5.41, 5.74) is 2.31. The summed E-state index contributed by atoms with van der Waals surface area (Å²) in [6.45, 7) is 3.59. The Bertz CT molecular complexity index is 566. The first-order valence-corrected chi connectivity index (χ1v) is 5.13. The highest BCUT2D eigenvalue weighted by Crippen LogP contribution is 2.27. The monoisotopic (exact) mass is 225 g/mol. The topological polar surface area (TPSA) is 23.8 Å². The van der Waals surface area contributed by atoms with Gasteiger partial charge in [-0.25, -0.2) is 4.39 Å². The van der Waals surface area contributed by atoms with E-state index in [9.17, 15) is 4.39 Å². The molecule has 0 atom stereocenters. The van der Waals surface area contributed by atoms with E-state index in [2.05, 4.69) is 12.0 Å². The fourth-order valence-corrected chi connectivity index (χ4v) is 1.56. The standard InChI is InChI=1S/C15H12FN/c1-4-6-15(16)13(5-2)14-8-7-11(3)9-12(14)10-17/h1,5-9H,2-3H3/b13-5-,15-6+. The van der Waals surface area contributed by atoms with E-state index in [1.165, 1.54) is 0 Å². The van der Waals surface area contributed by atoms with E-state index >= 15 is 0 Å². The second kappa shape index (κ2) is 5.68. The lowest BCUT2D eigenvalue weighted by Gasteiger charge is -2.07. The highest BCUT2D eigenvalue weighted by molar-refractivity contribution is 5.80. The molecule has 0 aliphatic carbocycles. The molecule has 1 rings (SSSR count). The second-order valence-corrected chi connectivity index (χ2v) is 3.52. The third-order valence-corrected chi connectivity index (χ3v) is 2.34. The molecular weight excluding hydrogens is 213 g/mol. The van der Waals surface area contributed by atoms with E-state index in [-0.39, 0.29) is 0 Å². The molecule has 2 heteroatoms. The largest absolute Gasteiger partial charge is 0.206 e. The highest BCUT2D eigenvalue weighted by Gasteiger charge is 2.11. The number of hydrogen-bond acceptors (Lipinski definition) is 1. The number of nitriles is 1. The molecule has 0 amide bonds. The Morgan fingerprint density at radius 3 is 2.71 bits per heavy atom. The van der Waals surface area contributed by atoms with Crippen molar-refractivity contribution >= 4 is 5.57 Å². The number of nitrogens with zero attached hydrogens (tertiary/aromatic N) is 1. The van der Waals surface area contributed by atoms with Crippen LogP contribution in [0.1, 0.15) is 23.6 Å². The van der Waals surface area contributed by atoms with E-state index in [0.717, 1.165) is 11.6 Å². The number of benzene rings is 1. The first kappa shape index (κ1) is 12.7. The molecule has 0 aliphatic rings. The fourth-order valence-electron chi connectivity index (χ4n) is 1.56. The number of terminal acetylenes is 1. The van der Waals surface area contributed by atoms with Crippen molar-refractivity contribution in [3.8, 4) is 18.4 Å². The van der Waals surface area contributed by atoms with Crippen molar-refractivity contribution in [2.24, 2.45) is 0 Å². The molecule has 0 heterocycles. The molecule has 1 nitrogen and oxygen atoms in total. The summed E-state index contributed by atoms with van der Waals surface area (Å²) in [5, 5.41) is 9.04. The van der Waals surface area contributed by atoms with Gasteiger partial charge in [0.25, 0.3) is 0 Å².